The number of nitrogens with zero attached hydrogens (tertiary/aromatic N) is 2. The molecule has 1 atom stereocenters. The maximum absolute atomic E-state index is 5.89. The summed E-state index contributed by atoms with van der Waals surface area (Å²) in [5, 5.41) is 3.61. The Morgan fingerprint density at radius 1 is 1.35 bits per heavy atom. The van der Waals surface area contributed by atoms with Gasteiger partial charge in [-0.25, -0.2) is 9.97 Å². The summed E-state index contributed by atoms with van der Waals surface area (Å²) in [7, 11) is 3.28. The summed E-state index contributed by atoms with van der Waals surface area (Å²) < 4.78 is 10.0. The minimum absolute atomic E-state index is 0.350. The molecule has 0 fully saturated rings. The second kappa shape index (κ2) is 7.42. The fraction of sp³-hybridized carbons (Fsp3) is 0.636. The Morgan fingerprint density at radius 2 is 2.12 bits per heavy atom. The molecular weight excluding hydrogens is 242 g/mol. The van der Waals surface area contributed by atoms with Crippen LogP contribution < -0.4 is 5.32 Å². The third kappa shape index (κ3) is 5.30. The van der Waals surface area contributed by atoms with E-state index in [1.54, 1.807) is 20.3 Å². The van der Waals surface area contributed by atoms with Crippen LogP contribution in [-0.4, -0.2) is 37.3 Å². The van der Waals surface area contributed by atoms with Crippen LogP contribution in [0.2, 0.25) is 5.15 Å². The number of nitrogens with one attached hydrogen (secondary N) is 1. The first kappa shape index (κ1) is 14.2. The van der Waals surface area contributed by atoms with Crippen LogP contribution in [0.3, 0.4) is 0 Å². The summed E-state index contributed by atoms with van der Waals surface area (Å²) in [6.07, 6.45) is 0. The van der Waals surface area contributed by atoms with Gasteiger partial charge in [-0.1, -0.05) is 18.5 Å². The highest BCUT2D eigenvalue weighted by molar-refractivity contribution is 6.29. The van der Waals surface area contributed by atoms with Gasteiger partial charge in [0.05, 0.1) is 6.61 Å². The first-order chi connectivity index (χ1) is 8.15. The Labute approximate surface area is 107 Å². The van der Waals surface area contributed by atoms with Crippen molar-refractivity contribution in [2.75, 3.05) is 32.7 Å². The molecule has 0 aliphatic carbocycles. The fourth-order valence-electron chi connectivity index (χ4n) is 1.37. The maximum atomic E-state index is 5.89. The molecule has 1 aromatic heterocycles. The average molecular weight is 260 g/mol. The monoisotopic (exact) mass is 259 g/mol. The van der Waals surface area contributed by atoms with Crippen LogP contribution in [0, 0.1) is 5.92 Å². The standard InChI is InChI=1S/C11H18ClN3O2/c1-8(6-16-2)5-13-10-4-9(12)14-11(15-10)7-17-3/h4,8H,5-7H2,1-3H3,(H,13,14,15). The first-order valence-corrected chi connectivity index (χ1v) is 5.78. The van der Waals surface area contributed by atoms with E-state index >= 15 is 0 Å². The van der Waals surface area contributed by atoms with E-state index < -0.39 is 0 Å². The van der Waals surface area contributed by atoms with Crippen molar-refractivity contribution in [2.45, 2.75) is 13.5 Å². The minimum Gasteiger partial charge on any atom is -0.384 e. The highest BCUT2D eigenvalue weighted by Gasteiger charge is 2.05. The third-order valence-corrected chi connectivity index (χ3v) is 2.29. The molecule has 1 heterocycles. The summed E-state index contributed by atoms with van der Waals surface area (Å²) >= 11 is 5.89. The van der Waals surface area contributed by atoms with E-state index in [1.165, 1.54) is 0 Å². The van der Waals surface area contributed by atoms with E-state index in [9.17, 15) is 0 Å². The number of hydrogen-bond donors (Lipinski definition) is 1. The molecule has 96 valence electrons. The van der Waals surface area contributed by atoms with Crippen molar-refractivity contribution in [1.29, 1.82) is 0 Å². The van der Waals surface area contributed by atoms with E-state index in [0.29, 0.717) is 35.9 Å². The van der Waals surface area contributed by atoms with Crippen LogP contribution in [0.4, 0.5) is 5.82 Å². The molecule has 0 bridgehead atoms. The Balaban J connectivity index is 2.57. The van der Waals surface area contributed by atoms with Crippen LogP contribution in [0.1, 0.15) is 12.7 Å². The minimum atomic E-state index is 0.350. The SMILES string of the molecule is COCc1nc(Cl)cc(NCC(C)COC)n1. The van der Waals surface area contributed by atoms with Crippen LogP contribution >= 0.6 is 11.6 Å². The van der Waals surface area contributed by atoms with Gasteiger partial charge in [0.15, 0.2) is 5.82 Å². The average Bonchev–Trinajstić information content (AvgIpc) is 2.26. The van der Waals surface area contributed by atoms with Crippen LogP contribution in [0.5, 0.6) is 0 Å². The Kier molecular flexibility index (Phi) is 6.18. The van der Waals surface area contributed by atoms with E-state index in [4.69, 9.17) is 21.1 Å². The van der Waals surface area contributed by atoms with Crippen molar-refractivity contribution in [2.24, 2.45) is 5.92 Å². The number of anilines is 1. The summed E-state index contributed by atoms with van der Waals surface area (Å²) in [6.45, 7) is 3.92. The molecule has 1 N–H and O–H groups in total. The lowest BCUT2D eigenvalue weighted by atomic mass is 10.2. The Bertz CT molecular complexity index is 349. The van der Waals surface area contributed by atoms with Crippen molar-refractivity contribution in [3.05, 3.63) is 17.0 Å². The number of methoxy groups -OCH3 is 2. The quantitative estimate of drug-likeness (QED) is 0.759. The topological polar surface area (TPSA) is 56.3 Å². The van der Waals surface area contributed by atoms with Crippen LogP contribution in [0.15, 0.2) is 6.07 Å². The number of halogens is 1. The molecule has 0 saturated heterocycles. The molecule has 0 aromatic carbocycles. The smallest absolute Gasteiger partial charge is 0.158 e. The molecule has 1 rings (SSSR count). The molecule has 5 nitrogen and oxygen atoms in total. The van der Waals surface area contributed by atoms with Gasteiger partial charge in [-0.2, -0.15) is 0 Å². The largest absolute Gasteiger partial charge is 0.384 e. The Hall–Kier alpha value is -0.910. The zero-order valence-corrected chi connectivity index (χ0v) is 11.1. The lowest BCUT2D eigenvalue weighted by molar-refractivity contribution is 0.164. The van der Waals surface area contributed by atoms with E-state index in [-0.39, 0.29) is 0 Å². The van der Waals surface area contributed by atoms with Gasteiger partial charge in [0.1, 0.15) is 17.6 Å². The highest BCUT2D eigenvalue weighted by Crippen LogP contribution is 2.12. The second-order valence-corrected chi connectivity index (χ2v) is 4.25. The molecule has 1 aromatic rings. The van der Waals surface area contributed by atoms with Crippen LogP contribution in [-0.2, 0) is 16.1 Å². The number of ether oxygens (including phenoxy) is 2. The molecule has 17 heavy (non-hydrogen) atoms. The molecule has 0 amide bonds. The summed E-state index contributed by atoms with van der Waals surface area (Å²) in [4.78, 5) is 8.33. The number of rotatable bonds is 7. The van der Waals surface area contributed by atoms with Gasteiger partial charge in [-0.3, -0.25) is 0 Å². The Morgan fingerprint density at radius 3 is 2.76 bits per heavy atom. The van der Waals surface area contributed by atoms with Gasteiger partial charge < -0.3 is 14.8 Å². The summed E-state index contributed by atoms with van der Waals surface area (Å²) in [6, 6.07) is 1.69. The van der Waals surface area contributed by atoms with Gasteiger partial charge in [-0.05, 0) is 5.92 Å². The van der Waals surface area contributed by atoms with Crippen molar-refractivity contribution in [3.8, 4) is 0 Å². The zero-order valence-electron chi connectivity index (χ0n) is 10.4. The lowest BCUT2D eigenvalue weighted by Gasteiger charge is -2.12. The third-order valence-electron chi connectivity index (χ3n) is 2.10. The van der Waals surface area contributed by atoms with Gasteiger partial charge in [0, 0.05) is 26.8 Å². The lowest BCUT2D eigenvalue weighted by Crippen LogP contribution is -2.17. The molecule has 1 unspecified atom stereocenters. The molecule has 6 heteroatoms. The van der Waals surface area contributed by atoms with Gasteiger partial charge in [0.25, 0.3) is 0 Å². The van der Waals surface area contributed by atoms with E-state index in [2.05, 4.69) is 22.2 Å². The van der Waals surface area contributed by atoms with Crippen molar-refractivity contribution in [3.63, 3.8) is 0 Å². The number of hydrogen-bond acceptors (Lipinski definition) is 5. The zero-order chi connectivity index (χ0) is 12.7. The predicted octanol–water partition coefficient (Wildman–Crippen LogP) is 1.97. The molecule has 0 spiro atoms. The van der Waals surface area contributed by atoms with Crippen molar-refractivity contribution >= 4 is 17.4 Å². The normalized spacial score (nSPS) is 12.5. The number of aromatic nitrogens is 2. The van der Waals surface area contributed by atoms with E-state index in [0.717, 1.165) is 6.54 Å². The van der Waals surface area contributed by atoms with Crippen molar-refractivity contribution in [1.82, 2.24) is 9.97 Å². The summed E-state index contributed by atoms with van der Waals surface area (Å²) in [5.41, 5.74) is 0. The summed E-state index contributed by atoms with van der Waals surface area (Å²) in [5.74, 6) is 1.68. The van der Waals surface area contributed by atoms with Gasteiger partial charge in [0.2, 0.25) is 0 Å². The first-order valence-electron chi connectivity index (χ1n) is 5.41. The second-order valence-electron chi connectivity index (χ2n) is 3.87. The van der Waals surface area contributed by atoms with Gasteiger partial charge >= 0.3 is 0 Å². The maximum Gasteiger partial charge on any atom is 0.158 e. The molecule has 0 radical (unpaired) electrons. The fourth-order valence-corrected chi connectivity index (χ4v) is 1.57. The van der Waals surface area contributed by atoms with Gasteiger partial charge in [-0.15, -0.1) is 0 Å². The molecule has 0 saturated carbocycles. The van der Waals surface area contributed by atoms with E-state index in [1.807, 2.05) is 0 Å². The highest BCUT2D eigenvalue weighted by atomic mass is 35.5. The molecule has 0 aliphatic rings. The molecular formula is C11H18ClN3O2. The predicted molar refractivity (Wildman–Crippen MR) is 67.3 cm³/mol. The van der Waals surface area contributed by atoms with Crippen LogP contribution in [0.25, 0.3) is 0 Å². The van der Waals surface area contributed by atoms with Crippen molar-refractivity contribution < 1.29 is 9.47 Å². The molecule has 0 aliphatic heterocycles.